The number of hydrogen-bond donors (Lipinski definition) is 1. The molecule has 0 saturated heterocycles. The smallest absolute Gasteiger partial charge is 0.333 e. The summed E-state index contributed by atoms with van der Waals surface area (Å²) >= 11 is 0. The highest BCUT2D eigenvalue weighted by molar-refractivity contribution is 5.30. The van der Waals surface area contributed by atoms with Crippen LogP contribution in [0.1, 0.15) is 19.8 Å². The van der Waals surface area contributed by atoms with Gasteiger partial charge in [-0.3, -0.25) is 9.36 Å². The number of aromatic nitrogens is 2. The molecule has 1 fully saturated rings. The molecular weight excluding hydrogens is 222 g/mol. The number of ether oxygens (including phenoxy) is 1. The topological polar surface area (TPSA) is 79.2 Å². The molecule has 1 aliphatic rings. The van der Waals surface area contributed by atoms with Gasteiger partial charge in [0.1, 0.15) is 12.4 Å². The van der Waals surface area contributed by atoms with E-state index in [1.54, 1.807) is 0 Å². The molecule has 1 aromatic heterocycles. The van der Waals surface area contributed by atoms with Crippen molar-refractivity contribution in [3.05, 3.63) is 27.0 Å². The lowest BCUT2D eigenvalue weighted by Gasteiger charge is -2.10. The molecule has 6 nitrogen and oxygen atoms in total. The molecule has 0 bridgehead atoms. The maximum atomic E-state index is 11.9. The van der Waals surface area contributed by atoms with Crippen molar-refractivity contribution in [3.63, 3.8) is 0 Å². The zero-order chi connectivity index (χ0) is 12.4. The van der Waals surface area contributed by atoms with Gasteiger partial charge in [0.15, 0.2) is 0 Å². The summed E-state index contributed by atoms with van der Waals surface area (Å²) in [4.78, 5) is 23.5. The summed E-state index contributed by atoms with van der Waals surface area (Å²) in [6.07, 6.45) is 3.72. The van der Waals surface area contributed by atoms with Gasteiger partial charge in [-0.1, -0.05) is 0 Å². The Morgan fingerprint density at radius 3 is 2.76 bits per heavy atom. The normalized spacial score (nSPS) is 15.1. The predicted octanol–water partition coefficient (Wildman–Crippen LogP) is -0.00380. The third kappa shape index (κ3) is 2.58. The first-order chi connectivity index (χ1) is 8.13. The fraction of sp³-hybridized carbons (Fsp3) is 0.636. The molecule has 0 spiro atoms. The molecule has 1 heterocycles. The molecule has 0 radical (unpaired) electrons. The van der Waals surface area contributed by atoms with E-state index in [0.717, 1.165) is 4.57 Å². The molecule has 6 heteroatoms. The minimum absolute atomic E-state index is 0.0147. The fourth-order valence-electron chi connectivity index (χ4n) is 1.61. The Kier molecular flexibility index (Phi) is 3.33. The van der Waals surface area contributed by atoms with E-state index in [0.29, 0.717) is 19.1 Å². The second kappa shape index (κ2) is 4.75. The Hall–Kier alpha value is -1.56. The molecule has 2 N–H and O–H groups in total. The van der Waals surface area contributed by atoms with Gasteiger partial charge >= 0.3 is 5.69 Å². The summed E-state index contributed by atoms with van der Waals surface area (Å²) in [6, 6.07) is 0. The van der Waals surface area contributed by atoms with Crippen molar-refractivity contribution >= 4 is 5.69 Å². The Morgan fingerprint density at radius 2 is 2.18 bits per heavy atom. The predicted molar refractivity (Wildman–Crippen MR) is 63.7 cm³/mol. The van der Waals surface area contributed by atoms with E-state index in [9.17, 15) is 9.59 Å². The zero-order valence-corrected chi connectivity index (χ0v) is 9.89. The summed E-state index contributed by atoms with van der Waals surface area (Å²) in [7, 11) is 0. The Morgan fingerprint density at radius 1 is 1.47 bits per heavy atom. The van der Waals surface area contributed by atoms with E-state index < -0.39 is 5.56 Å². The lowest BCUT2D eigenvalue weighted by molar-refractivity contribution is 0.0631. The summed E-state index contributed by atoms with van der Waals surface area (Å²) in [5, 5.41) is 0. The number of aryl methyl sites for hydroxylation is 1. The van der Waals surface area contributed by atoms with Crippen molar-refractivity contribution in [3.8, 4) is 0 Å². The number of nitrogens with two attached hydrogens (primary N) is 1. The van der Waals surface area contributed by atoms with Crippen LogP contribution in [0.25, 0.3) is 0 Å². The van der Waals surface area contributed by atoms with Gasteiger partial charge in [-0.2, -0.15) is 0 Å². The Labute approximate surface area is 98.6 Å². The molecule has 1 aliphatic carbocycles. The zero-order valence-electron chi connectivity index (χ0n) is 9.89. The molecule has 0 aliphatic heterocycles. The molecule has 0 aromatic carbocycles. The van der Waals surface area contributed by atoms with E-state index in [1.165, 1.54) is 23.6 Å². The molecule has 0 atom stereocenters. The van der Waals surface area contributed by atoms with Gasteiger partial charge in [-0.15, -0.1) is 0 Å². The molecule has 1 aromatic rings. The van der Waals surface area contributed by atoms with Crippen molar-refractivity contribution in [2.45, 2.75) is 33.0 Å². The largest absolute Gasteiger partial charge is 0.393 e. The van der Waals surface area contributed by atoms with Crippen LogP contribution in [0.3, 0.4) is 0 Å². The van der Waals surface area contributed by atoms with E-state index in [-0.39, 0.29) is 18.1 Å². The average molecular weight is 239 g/mol. The summed E-state index contributed by atoms with van der Waals surface area (Å²) in [6.45, 7) is 2.89. The van der Waals surface area contributed by atoms with E-state index in [2.05, 4.69) is 0 Å². The van der Waals surface area contributed by atoms with Crippen LogP contribution in [-0.2, 0) is 18.0 Å². The Bertz CT molecular complexity index is 514. The third-order valence-corrected chi connectivity index (χ3v) is 2.88. The van der Waals surface area contributed by atoms with E-state index in [4.69, 9.17) is 10.5 Å². The second-order valence-electron chi connectivity index (χ2n) is 4.33. The number of rotatable bonds is 5. The standard InChI is InChI=1S/C11H17N3O3/c1-2-13-5-9(12)10(15)14(11(13)16)7-17-6-8-3-4-8/h5,8H,2-4,6-7,12H2,1H3. The summed E-state index contributed by atoms with van der Waals surface area (Å²) < 4.78 is 7.80. The molecular formula is C11H17N3O3. The van der Waals surface area contributed by atoms with Gasteiger partial charge in [0.25, 0.3) is 5.56 Å². The first-order valence-corrected chi connectivity index (χ1v) is 5.81. The summed E-state index contributed by atoms with van der Waals surface area (Å²) in [5.41, 5.74) is 4.78. The van der Waals surface area contributed by atoms with Crippen LogP contribution in [-0.4, -0.2) is 15.7 Å². The van der Waals surface area contributed by atoms with Crippen LogP contribution < -0.4 is 17.0 Å². The minimum atomic E-state index is -0.476. The van der Waals surface area contributed by atoms with E-state index in [1.807, 2.05) is 6.92 Å². The van der Waals surface area contributed by atoms with Crippen LogP contribution in [0.4, 0.5) is 5.69 Å². The number of nitrogen functional groups attached to an aromatic ring is 1. The third-order valence-electron chi connectivity index (χ3n) is 2.88. The fourth-order valence-corrected chi connectivity index (χ4v) is 1.61. The van der Waals surface area contributed by atoms with Crippen LogP contribution in [0.2, 0.25) is 0 Å². The molecule has 0 unspecified atom stereocenters. The van der Waals surface area contributed by atoms with Crippen molar-refractivity contribution in [2.75, 3.05) is 12.3 Å². The van der Waals surface area contributed by atoms with Crippen molar-refractivity contribution in [1.82, 2.24) is 9.13 Å². The van der Waals surface area contributed by atoms with Gasteiger partial charge in [0.2, 0.25) is 0 Å². The maximum Gasteiger partial charge on any atom is 0.333 e. The number of nitrogens with zero attached hydrogens (tertiary/aromatic N) is 2. The lowest BCUT2D eigenvalue weighted by atomic mass is 10.5. The van der Waals surface area contributed by atoms with Crippen LogP contribution >= 0.6 is 0 Å². The molecule has 2 rings (SSSR count). The number of hydrogen-bond acceptors (Lipinski definition) is 4. The lowest BCUT2D eigenvalue weighted by Crippen LogP contribution is -2.41. The maximum absolute atomic E-state index is 11.9. The van der Waals surface area contributed by atoms with Crippen molar-refractivity contribution in [1.29, 1.82) is 0 Å². The van der Waals surface area contributed by atoms with Crippen LogP contribution in [0.15, 0.2) is 15.8 Å². The quantitative estimate of drug-likeness (QED) is 0.784. The first-order valence-electron chi connectivity index (χ1n) is 5.81. The highest BCUT2D eigenvalue weighted by Crippen LogP contribution is 2.28. The van der Waals surface area contributed by atoms with Gasteiger partial charge in [-0.05, 0) is 25.7 Å². The van der Waals surface area contributed by atoms with E-state index >= 15 is 0 Å². The molecule has 94 valence electrons. The van der Waals surface area contributed by atoms with Crippen LogP contribution in [0, 0.1) is 5.92 Å². The Balaban J connectivity index is 2.20. The minimum Gasteiger partial charge on any atom is -0.393 e. The van der Waals surface area contributed by atoms with Gasteiger partial charge in [0.05, 0.1) is 6.61 Å². The first kappa shape index (κ1) is 11.9. The van der Waals surface area contributed by atoms with Gasteiger partial charge in [-0.25, -0.2) is 9.36 Å². The molecule has 0 amide bonds. The SMILES string of the molecule is CCn1cc(N)c(=O)n(COCC2CC2)c1=O. The molecule has 1 saturated carbocycles. The highest BCUT2D eigenvalue weighted by Gasteiger charge is 2.21. The monoisotopic (exact) mass is 239 g/mol. The highest BCUT2D eigenvalue weighted by atomic mass is 16.5. The summed E-state index contributed by atoms with van der Waals surface area (Å²) in [5.74, 6) is 0.597. The van der Waals surface area contributed by atoms with Gasteiger partial charge < -0.3 is 10.5 Å². The second-order valence-corrected chi connectivity index (χ2v) is 4.33. The van der Waals surface area contributed by atoms with Crippen LogP contribution in [0.5, 0.6) is 0 Å². The van der Waals surface area contributed by atoms with Gasteiger partial charge in [0, 0.05) is 12.7 Å². The van der Waals surface area contributed by atoms with Crippen molar-refractivity contribution < 1.29 is 4.74 Å². The van der Waals surface area contributed by atoms with Crippen molar-refractivity contribution in [2.24, 2.45) is 5.92 Å². The average Bonchev–Trinajstić information content (AvgIpc) is 3.12. The number of anilines is 1. The molecule has 17 heavy (non-hydrogen) atoms.